The molecule has 2 N–H and O–H groups in total. The van der Waals surface area contributed by atoms with Crippen LogP contribution in [0.15, 0.2) is 24.4 Å². The number of carbonyl (C=O) groups is 2. The number of carbonyl (C=O) groups excluding carboxylic acids is 1. The maximum Gasteiger partial charge on any atom is 0.389 e. The van der Waals surface area contributed by atoms with Crippen LogP contribution in [0, 0.1) is 5.92 Å². The maximum atomic E-state index is 12.2. The fourth-order valence-electron chi connectivity index (χ4n) is 2.71. The molecule has 1 aliphatic rings. The highest BCUT2D eigenvalue weighted by molar-refractivity contribution is 6.41. The molecule has 0 aliphatic heterocycles. The summed E-state index contributed by atoms with van der Waals surface area (Å²) in [5, 5.41) is 16.4. The van der Waals surface area contributed by atoms with Crippen molar-refractivity contribution in [3.8, 4) is 0 Å². The Morgan fingerprint density at radius 1 is 1.42 bits per heavy atom. The SMILES string of the molecule is O=C(O)C1CC1(Cl)C(=O)Nc1ccc2cn(CCCC(F)(F)F)nc2c1. The van der Waals surface area contributed by atoms with E-state index in [9.17, 15) is 22.8 Å². The highest BCUT2D eigenvalue weighted by atomic mass is 35.5. The van der Waals surface area contributed by atoms with E-state index in [-0.39, 0.29) is 19.4 Å². The Morgan fingerprint density at radius 3 is 2.77 bits per heavy atom. The van der Waals surface area contributed by atoms with Gasteiger partial charge in [0.1, 0.15) is 4.87 Å². The molecular formula is C16H15ClF3N3O3. The number of halogens is 4. The van der Waals surface area contributed by atoms with Crippen molar-refractivity contribution in [3.05, 3.63) is 24.4 Å². The second-order valence-electron chi connectivity index (χ2n) is 6.30. The van der Waals surface area contributed by atoms with Gasteiger partial charge in [-0.1, -0.05) is 0 Å². The first kappa shape index (κ1) is 18.5. The molecule has 1 aromatic heterocycles. The van der Waals surface area contributed by atoms with Crippen LogP contribution in [-0.2, 0) is 16.1 Å². The maximum absolute atomic E-state index is 12.2. The van der Waals surface area contributed by atoms with Crippen LogP contribution in [0.4, 0.5) is 18.9 Å². The van der Waals surface area contributed by atoms with Gasteiger partial charge in [-0.15, -0.1) is 11.6 Å². The van der Waals surface area contributed by atoms with Crippen molar-refractivity contribution in [3.63, 3.8) is 0 Å². The Kier molecular flexibility index (Phi) is 4.60. The van der Waals surface area contributed by atoms with E-state index in [0.29, 0.717) is 16.6 Å². The molecule has 1 aromatic carbocycles. The zero-order valence-electron chi connectivity index (χ0n) is 13.4. The van der Waals surface area contributed by atoms with Gasteiger partial charge in [0.05, 0.1) is 11.4 Å². The standard InChI is InChI=1S/C16H15ClF3N3O3/c17-15(7-11(15)13(24)25)14(26)21-10-3-2-9-8-23(22-12(9)6-10)5-1-4-16(18,19)20/h2-3,6,8,11H,1,4-5,7H2,(H,21,26)(H,24,25). The fourth-order valence-corrected chi connectivity index (χ4v) is 3.00. The molecule has 1 saturated carbocycles. The molecule has 1 fully saturated rings. The largest absolute Gasteiger partial charge is 0.481 e. The molecule has 2 aromatic rings. The molecule has 1 heterocycles. The molecule has 3 rings (SSSR count). The second-order valence-corrected chi connectivity index (χ2v) is 6.97. The average molecular weight is 390 g/mol. The molecule has 2 atom stereocenters. The first-order valence-corrected chi connectivity index (χ1v) is 8.23. The molecule has 0 spiro atoms. The van der Waals surface area contributed by atoms with Gasteiger partial charge in [-0.2, -0.15) is 18.3 Å². The van der Waals surface area contributed by atoms with Crippen LogP contribution in [0.1, 0.15) is 19.3 Å². The number of carboxylic acids is 1. The zero-order chi connectivity index (χ0) is 19.1. The number of alkyl halides is 4. The summed E-state index contributed by atoms with van der Waals surface area (Å²) in [6.45, 7) is 0.126. The Labute approximate surface area is 150 Å². The quantitative estimate of drug-likeness (QED) is 0.742. The van der Waals surface area contributed by atoms with Crippen molar-refractivity contribution in [1.82, 2.24) is 9.78 Å². The van der Waals surface area contributed by atoms with Crippen molar-refractivity contribution in [2.75, 3.05) is 5.32 Å². The van der Waals surface area contributed by atoms with Crippen LogP contribution in [0.3, 0.4) is 0 Å². The molecular weight excluding hydrogens is 375 g/mol. The molecule has 0 radical (unpaired) electrons. The topological polar surface area (TPSA) is 84.2 Å². The van der Waals surface area contributed by atoms with Gasteiger partial charge in [0.25, 0.3) is 0 Å². The van der Waals surface area contributed by atoms with Crippen LogP contribution in [-0.4, -0.2) is 37.8 Å². The number of anilines is 1. The summed E-state index contributed by atoms with van der Waals surface area (Å²) < 4.78 is 38.0. The Morgan fingerprint density at radius 2 is 2.15 bits per heavy atom. The van der Waals surface area contributed by atoms with Gasteiger partial charge in [-0.05, 0) is 31.0 Å². The number of nitrogens with zero attached hydrogens (tertiary/aromatic N) is 2. The first-order chi connectivity index (χ1) is 12.1. The number of hydrogen-bond acceptors (Lipinski definition) is 3. The van der Waals surface area contributed by atoms with Gasteiger partial charge in [0, 0.05) is 30.2 Å². The minimum absolute atomic E-state index is 0.0613. The lowest BCUT2D eigenvalue weighted by Gasteiger charge is -2.09. The van der Waals surface area contributed by atoms with Gasteiger partial charge in [0.2, 0.25) is 5.91 Å². The van der Waals surface area contributed by atoms with Crippen molar-refractivity contribution in [2.24, 2.45) is 5.92 Å². The lowest BCUT2D eigenvalue weighted by Crippen LogP contribution is -2.28. The smallest absolute Gasteiger partial charge is 0.389 e. The minimum Gasteiger partial charge on any atom is -0.481 e. The van der Waals surface area contributed by atoms with E-state index < -0.39 is 35.3 Å². The normalized spacial score (nSPS) is 22.4. The number of carboxylic acid groups (broad SMARTS) is 1. The highest BCUT2D eigenvalue weighted by Gasteiger charge is 2.63. The lowest BCUT2D eigenvalue weighted by molar-refractivity contribution is -0.139. The predicted octanol–water partition coefficient (Wildman–Crippen LogP) is 3.40. The summed E-state index contributed by atoms with van der Waals surface area (Å²) in [6, 6.07) is 4.83. The summed E-state index contributed by atoms with van der Waals surface area (Å²) in [7, 11) is 0. The number of aromatic nitrogens is 2. The molecule has 6 nitrogen and oxygen atoms in total. The molecule has 26 heavy (non-hydrogen) atoms. The van der Waals surface area contributed by atoms with E-state index in [4.69, 9.17) is 16.7 Å². The highest BCUT2D eigenvalue weighted by Crippen LogP contribution is 2.50. The van der Waals surface area contributed by atoms with Gasteiger partial charge >= 0.3 is 12.1 Å². The molecule has 10 heteroatoms. The minimum atomic E-state index is -4.20. The summed E-state index contributed by atoms with van der Waals surface area (Å²) in [5.41, 5.74) is 0.892. The Hall–Kier alpha value is -2.29. The average Bonchev–Trinajstić information content (AvgIpc) is 3.07. The number of fused-ring (bicyclic) bond motifs is 1. The predicted molar refractivity (Wildman–Crippen MR) is 88.0 cm³/mol. The Balaban J connectivity index is 1.66. The van der Waals surface area contributed by atoms with E-state index in [1.54, 1.807) is 24.4 Å². The molecule has 140 valence electrons. The first-order valence-electron chi connectivity index (χ1n) is 7.86. The number of aliphatic carboxylic acids is 1. The fraction of sp³-hybridized carbons (Fsp3) is 0.438. The number of rotatable bonds is 6. The molecule has 1 aliphatic carbocycles. The van der Waals surface area contributed by atoms with Crippen LogP contribution < -0.4 is 5.32 Å². The number of benzene rings is 1. The third-order valence-electron chi connectivity index (χ3n) is 4.23. The van der Waals surface area contributed by atoms with Gasteiger partial charge in [-0.3, -0.25) is 14.3 Å². The summed E-state index contributed by atoms with van der Waals surface area (Å²) >= 11 is 6.02. The number of hydrogen-bond donors (Lipinski definition) is 2. The monoisotopic (exact) mass is 389 g/mol. The summed E-state index contributed by atoms with van der Waals surface area (Å²) in [6.07, 6.45) is -3.47. The van der Waals surface area contributed by atoms with Gasteiger partial charge < -0.3 is 10.4 Å². The van der Waals surface area contributed by atoms with Crippen LogP contribution >= 0.6 is 11.6 Å². The van der Waals surface area contributed by atoms with E-state index >= 15 is 0 Å². The molecule has 0 saturated heterocycles. The number of nitrogens with one attached hydrogen (secondary N) is 1. The van der Waals surface area contributed by atoms with Crippen molar-refractivity contribution < 1.29 is 27.9 Å². The van der Waals surface area contributed by atoms with Crippen molar-refractivity contribution in [2.45, 2.75) is 36.9 Å². The molecule has 0 bridgehead atoms. The number of aryl methyl sites for hydroxylation is 1. The summed E-state index contributed by atoms with van der Waals surface area (Å²) in [5.74, 6) is -2.64. The van der Waals surface area contributed by atoms with E-state index in [0.717, 1.165) is 0 Å². The summed E-state index contributed by atoms with van der Waals surface area (Å²) in [4.78, 5) is 21.6. The molecule has 2 unspecified atom stereocenters. The van der Waals surface area contributed by atoms with Crippen molar-refractivity contribution >= 4 is 40.1 Å². The van der Waals surface area contributed by atoms with Gasteiger partial charge in [-0.25, -0.2) is 0 Å². The van der Waals surface area contributed by atoms with Crippen LogP contribution in [0.5, 0.6) is 0 Å². The Bertz CT molecular complexity index is 867. The number of amides is 1. The third kappa shape index (κ3) is 3.92. The van der Waals surface area contributed by atoms with Crippen LogP contribution in [0.25, 0.3) is 10.9 Å². The lowest BCUT2D eigenvalue weighted by atomic mass is 10.2. The van der Waals surface area contributed by atoms with E-state index in [2.05, 4.69) is 10.4 Å². The van der Waals surface area contributed by atoms with E-state index in [1.165, 1.54) is 4.68 Å². The van der Waals surface area contributed by atoms with Crippen molar-refractivity contribution in [1.29, 1.82) is 0 Å². The van der Waals surface area contributed by atoms with Gasteiger partial charge in [0.15, 0.2) is 0 Å². The van der Waals surface area contributed by atoms with E-state index in [1.807, 2.05) is 0 Å². The zero-order valence-corrected chi connectivity index (χ0v) is 14.1. The third-order valence-corrected chi connectivity index (χ3v) is 4.82. The molecule has 1 amide bonds. The second kappa shape index (κ2) is 6.46. The van der Waals surface area contributed by atoms with Crippen LogP contribution in [0.2, 0.25) is 0 Å².